The maximum Gasteiger partial charge on any atom is 0.0901 e. The molecule has 2 aromatic rings. The van der Waals surface area contributed by atoms with Gasteiger partial charge < -0.3 is 5.32 Å². The molecule has 0 spiro atoms. The summed E-state index contributed by atoms with van der Waals surface area (Å²) in [5.74, 6) is 0. The highest BCUT2D eigenvalue weighted by Crippen LogP contribution is 2.21. The van der Waals surface area contributed by atoms with Crippen LogP contribution in [0.2, 0.25) is 0 Å². The highest BCUT2D eigenvalue weighted by atomic mass is 32.1. The topological polar surface area (TPSA) is 48.7 Å². The number of nitrogens with one attached hydrogen (secondary N) is 1. The SMILES string of the molecule is Cc1nc(-c2ccc(CCNC(C)CC#N)cc2)cs1. The molecule has 0 bridgehead atoms. The van der Waals surface area contributed by atoms with Gasteiger partial charge in [0.05, 0.1) is 23.2 Å². The number of aryl methyl sites for hydroxylation is 1. The van der Waals surface area contributed by atoms with Crippen LogP contribution in [0.25, 0.3) is 11.3 Å². The minimum Gasteiger partial charge on any atom is -0.313 e. The lowest BCUT2D eigenvalue weighted by Gasteiger charge is -2.10. The van der Waals surface area contributed by atoms with E-state index in [1.54, 1.807) is 11.3 Å². The molecule has 0 aliphatic rings. The van der Waals surface area contributed by atoms with Gasteiger partial charge in [-0.3, -0.25) is 0 Å². The van der Waals surface area contributed by atoms with Crippen LogP contribution in [-0.4, -0.2) is 17.6 Å². The summed E-state index contributed by atoms with van der Waals surface area (Å²) in [5.41, 5.74) is 3.53. The number of nitriles is 1. The third-order valence-corrected chi connectivity index (χ3v) is 3.95. The Hall–Kier alpha value is -1.70. The molecule has 1 aromatic carbocycles. The predicted octanol–water partition coefficient (Wildman–Crippen LogP) is 3.55. The molecule has 0 aliphatic carbocycles. The minimum absolute atomic E-state index is 0.261. The van der Waals surface area contributed by atoms with Gasteiger partial charge in [0.25, 0.3) is 0 Å². The van der Waals surface area contributed by atoms with Crippen molar-refractivity contribution in [2.45, 2.75) is 32.7 Å². The van der Waals surface area contributed by atoms with E-state index >= 15 is 0 Å². The molecule has 1 heterocycles. The molecule has 3 nitrogen and oxygen atoms in total. The second-order valence-corrected chi connectivity index (χ2v) is 5.98. The first-order valence-electron chi connectivity index (χ1n) is 6.81. The molecule has 1 atom stereocenters. The number of rotatable bonds is 6. The summed E-state index contributed by atoms with van der Waals surface area (Å²) in [6.07, 6.45) is 1.54. The van der Waals surface area contributed by atoms with Crippen LogP contribution in [0.15, 0.2) is 29.6 Å². The van der Waals surface area contributed by atoms with Crippen LogP contribution >= 0.6 is 11.3 Å². The van der Waals surface area contributed by atoms with E-state index in [1.807, 2.05) is 13.8 Å². The van der Waals surface area contributed by atoms with Crippen molar-refractivity contribution < 1.29 is 0 Å². The monoisotopic (exact) mass is 285 g/mol. The average molecular weight is 285 g/mol. The maximum atomic E-state index is 8.60. The predicted molar refractivity (Wildman–Crippen MR) is 83.7 cm³/mol. The average Bonchev–Trinajstić information content (AvgIpc) is 2.86. The van der Waals surface area contributed by atoms with E-state index in [0.29, 0.717) is 6.42 Å². The minimum atomic E-state index is 0.261. The van der Waals surface area contributed by atoms with Crippen LogP contribution in [0.5, 0.6) is 0 Å². The van der Waals surface area contributed by atoms with E-state index in [2.05, 4.69) is 46.0 Å². The first-order valence-corrected chi connectivity index (χ1v) is 7.69. The number of benzene rings is 1. The van der Waals surface area contributed by atoms with Crippen molar-refractivity contribution in [2.75, 3.05) is 6.54 Å². The van der Waals surface area contributed by atoms with Crippen molar-refractivity contribution in [3.8, 4) is 17.3 Å². The Balaban J connectivity index is 1.87. The molecule has 0 radical (unpaired) electrons. The van der Waals surface area contributed by atoms with Gasteiger partial charge in [-0.25, -0.2) is 4.98 Å². The molecule has 104 valence electrons. The normalized spacial score (nSPS) is 12.1. The van der Waals surface area contributed by atoms with E-state index in [0.717, 1.165) is 23.7 Å². The van der Waals surface area contributed by atoms with Gasteiger partial charge in [-0.2, -0.15) is 5.26 Å². The van der Waals surface area contributed by atoms with Crippen LogP contribution in [0.4, 0.5) is 0 Å². The third-order valence-electron chi connectivity index (χ3n) is 3.17. The van der Waals surface area contributed by atoms with Gasteiger partial charge in [-0.05, 0) is 32.4 Å². The van der Waals surface area contributed by atoms with Crippen LogP contribution in [0.3, 0.4) is 0 Å². The number of hydrogen-bond donors (Lipinski definition) is 1. The zero-order chi connectivity index (χ0) is 14.4. The molecule has 4 heteroatoms. The number of aromatic nitrogens is 1. The van der Waals surface area contributed by atoms with Crippen molar-refractivity contribution >= 4 is 11.3 Å². The Labute approximate surface area is 124 Å². The fourth-order valence-electron chi connectivity index (χ4n) is 2.01. The lowest BCUT2D eigenvalue weighted by Crippen LogP contribution is -2.27. The van der Waals surface area contributed by atoms with E-state index in [-0.39, 0.29) is 6.04 Å². The zero-order valence-corrected chi connectivity index (χ0v) is 12.7. The Kier molecular flexibility index (Phi) is 5.28. The van der Waals surface area contributed by atoms with Crippen molar-refractivity contribution in [1.29, 1.82) is 5.26 Å². The molecule has 1 aromatic heterocycles. The first kappa shape index (κ1) is 14.7. The summed E-state index contributed by atoms with van der Waals surface area (Å²) in [6.45, 7) is 4.96. The van der Waals surface area contributed by atoms with Gasteiger partial charge in [0.15, 0.2) is 0 Å². The Morgan fingerprint density at radius 3 is 2.70 bits per heavy atom. The van der Waals surface area contributed by atoms with Gasteiger partial charge in [0.1, 0.15) is 0 Å². The Bertz CT molecular complexity index is 581. The van der Waals surface area contributed by atoms with Crippen LogP contribution in [-0.2, 0) is 6.42 Å². The molecule has 0 aliphatic heterocycles. The van der Waals surface area contributed by atoms with Crippen molar-refractivity contribution in [1.82, 2.24) is 10.3 Å². The van der Waals surface area contributed by atoms with E-state index in [4.69, 9.17) is 5.26 Å². The van der Waals surface area contributed by atoms with Crippen molar-refractivity contribution in [3.05, 3.63) is 40.2 Å². The fraction of sp³-hybridized carbons (Fsp3) is 0.375. The standard InChI is InChI=1S/C16H19N3S/c1-12(7-9-17)18-10-8-14-3-5-15(6-4-14)16-11-20-13(2)19-16/h3-6,11-12,18H,7-8,10H2,1-2H3. The highest BCUT2D eigenvalue weighted by Gasteiger charge is 2.03. The molecule has 2 rings (SSSR count). The largest absolute Gasteiger partial charge is 0.313 e. The zero-order valence-electron chi connectivity index (χ0n) is 11.9. The third kappa shape index (κ3) is 4.16. The summed E-state index contributed by atoms with van der Waals surface area (Å²) in [5, 5.41) is 15.1. The molecule has 0 amide bonds. The summed E-state index contributed by atoms with van der Waals surface area (Å²) < 4.78 is 0. The molecule has 0 fully saturated rings. The molecule has 0 saturated carbocycles. The lowest BCUT2D eigenvalue weighted by molar-refractivity contribution is 0.560. The van der Waals surface area contributed by atoms with Crippen LogP contribution in [0.1, 0.15) is 23.9 Å². The highest BCUT2D eigenvalue weighted by molar-refractivity contribution is 7.09. The summed E-state index contributed by atoms with van der Waals surface area (Å²) in [7, 11) is 0. The number of nitrogens with zero attached hydrogens (tertiary/aromatic N) is 2. The lowest BCUT2D eigenvalue weighted by atomic mass is 10.1. The van der Waals surface area contributed by atoms with Gasteiger partial charge in [0.2, 0.25) is 0 Å². The fourth-order valence-corrected chi connectivity index (χ4v) is 2.63. The van der Waals surface area contributed by atoms with Gasteiger partial charge in [0, 0.05) is 17.0 Å². The van der Waals surface area contributed by atoms with E-state index in [9.17, 15) is 0 Å². The summed E-state index contributed by atoms with van der Waals surface area (Å²) >= 11 is 1.68. The molecule has 20 heavy (non-hydrogen) atoms. The van der Waals surface area contributed by atoms with Crippen molar-refractivity contribution in [2.24, 2.45) is 0 Å². The van der Waals surface area contributed by atoms with Gasteiger partial charge >= 0.3 is 0 Å². The van der Waals surface area contributed by atoms with Gasteiger partial charge in [-0.1, -0.05) is 24.3 Å². The number of hydrogen-bond acceptors (Lipinski definition) is 4. The van der Waals surface area contributed by atoms with Crippen LogP contribution in [0, 0.1) is 18.3 Å². The summed E-state index contributed by atoms with van der Waals surface area (Å²) in [4.78, 5) is 4.49. The Morgan fingerprint density at radius 2 is 2.10 bits per heavy atom. The van der Waals surface area contributed by atoms with E-state index in [1.165, 1.54) is 11.1 Å². The molecule has 0 saturated heterocycles. The van der Waals surface area contributed by atoms with Crippen LogP contribution < -0.4 is 5.32 Å². The first-order chi connectivity index (χ1) is 9.69. The van der Waals surface area contributed by atoms with Crippen molar-refractivity contribution in [3.63, 3.8) is 0 Å². The molecular weight excluding hydrogens is 266 g/mol. The molecule has 1 N–H and O–H groups in total. The number of thiazole rings is 1. The maximum absolute atomic E-state index is 8.60. The second-order valence-electron chi connectivity index (χ2n) is 4.92. The molecule has 1 unspecified atom stereocenters. The smallest absolute Gasteiger partial charge is 0.0901 e. The Morgan fingerprint density at radius 1 is 1.35 bits per heavy atom. The van der Waals surface area contributed by atoms with Gasteiger partial charge in [-0.15, -0.1) is 11.3 Å². The van der Waals surface area contributed by atoms with E-state index < -0.39 is 0 Å². The molecular formula is C16H19N3S. The summed E-state index contributed by atoms with van der Waals surface area (Å²) in [6, 6.07) is 11.0. The quantitative estimate of drug-likeness (QED) is 0.883. The second kappa shape index (κ2) is 7.18.